The first-order valence-corrected chi connectivity index (χ1v) is 7.67. The predicted octanol–water partition coefficient (Wildman–Crippen LogP) is 1.72. The number of aliphatic hydroxyl groups is 1. The van der Waals surface area contributed by atoms with Gasteiger partial charge < -0.3 is 15.3 Å². The molecule has 2 aromatic carbocycles. The second kappa shape index (κ2) is 8.89. The lowest BCUT2D eigenvalue weighted by molar-refractivity contribution is -0.131. The Hall–Kier alpha value is -2.80. The molecule has 0 aromatic heterocycles. The van der Waals surface area contributed by atoms with Crippen molar-refractivity contribution in [3.05, 3.63) is 71.3 Å². The molecule has 0 heterocycles. The molecule has 0 aliphatic heterocycles. The fourth-order valence-electron chi connectivity index (χ4n) is 2.22. The highest BCUT2D eigenvalue weighted by molar-refractivity contribution is 5.96. The molecule has 0 bridgehead atoms. The Balaban J connectivity index is 1.95. The van der Waals surface area contributed by atoms with Crippen molar-refractivity contribution in [1.82, 2.24) is 10.2 Å². The van der Waals surface area contributed by atoms with E-state index in [1.165, 1.54) is 4.90 Å². The number of carbonyl (C=O) groups is 2. The number of nitrogens with zero attached hydrogens (tertiary/aromatic N) is 1. The van der Waals surface area contributed by atoms with Crippen molar-refractivity contribution in [3.8, 4) is 0 Å². The topological polar surface area (TPSA) is 69.6 Å². The average molecular weight is 348 g/mol. The number of nitrogens with one attached hydrogen (secondary N) is 1. The molecule has 7 heteroatoms. The summed E-state index contributed by atoms with van der Waals surface area (Å²) >= 11 is 0. The highest BCUT2D eigenvalue weighted by atomic mass is 19.2. The van der Waals surface area contributed by atoms with Crippen LogP contribution in [0.5, 0.6) is 0 Å². The summed E-state index contributed by atoms with van der Waals surface area (Å²) in [6.45, 7) is -0.115. The van der Waals surface area contributed by atoms with Crippen LogP contribution in [-0.4, -0.2) is 41.5 Å². The molecule has 2 rings (SSSR count). The number of halogens is 2. The third kappa shape index (κ3) is 5.36. The predicted molar refractivity (Wildman–Crippen MR) is 87.6 cm³/mol. The summed E-state index contributed by atoms with van der Waals surface area (Å²) in [5.41, 5.74) is 0.805. The molecule has 0 spiro atoms. The van der Waals surface area contributed by atoms with E-state index >= 15 is 0 Å². The van der Waals surface area contributed by atoms with Gasteiger partial charge >= 0.3 is 0 Å². The summed E-state index contributed by atoms with van der Waals surface area (Å²) < 4.78 is 26.0. The zero-order chi connectivity index (χ0) is 18.2. The number of hydrogen-bond acceptors (Lipinski definition) is 3. The lowest BCUT2D eigenvalue weighted by Gasteiger charge is -2.22. The van der Waals surface area contributed by atoms with Gasteiger partial charge in [0.2, 0.25) is 5.91 Å². The van der Waals surface area contributed by atoms with E-state index in [0.29, 0.717) is 6.54 Å². The van der Waals surface area contributed by atoms with E-state index in [2.05, 4.69) is 5.32 Å². The lowest BCUT2D eigenvalue weighted by atomic mass is 10.2. The van der Waals surface area contributed by atoms with Crippen LogP contribution in [0.25, 0.3) is 0 Å². The maximum absolute atomic E-state index is 13.2. The number of benzene rings is 2. The Morgan fingerprint density at radius 2 is 1.76 bits per heavy atom. The molecule has 132 valence electrons. The SMILES string of the molecule is O=C(NCC(=O)N(CCO)Cc1ccccc1)c1ccc(F)c(F)c1. The van der Waals surface area contributed by atoms with Gasteiger partial charge in [0.05, 0.1) is 13.2 Å². The molecule has 0 aliphatic carbocycles. The molecule has 0 aliphatic rings. The largest absolute Gasteiger partial charge is 0.395 e. The number of carbonyl (C=O) groups excluding carboxylic acids is 2. The Morgan fingerprint density at radius 1 is 1.04 bits per heavy atom. The third-order valence-corrected chi connectivity index (χ3v) is 3.52. The van der Waals surface area contributed by atoms with Gasteiger partial charge in [0, 0.05) is 18.7 Å². The van der Waals surface area contributed by atoms with Gasteiger partial charge in [-0.2, -0.15) is 0 Å². The number of rotatable bonds is 7. The summed E-state index contributed by atoms with van der Waals surface area (Å²) in [6, 6.07) is 12.0. The van der Waals surface area contributed by atoms with Crippen LogP contribution in [-0.2, 0) is 11.3 Å². The zero-order valence-corrected chi connectivity index (χ0v) is 13.4. The van der Waals surface area contributed by atoms with Crippen molar-refractivity contribution < 1.29 is 23.5 Å². The Bertz CT molecular complexity index is 738. The molecule has 0 atom stereocenters. The molecule has 5 nitrogen and oxygen atoms in total. The van der Waals surface area contributed by atoms with Crippen molar-refractivity contribution in [3.63, 3.8) is 0 Å². The highest BCUT2D eigenvalue weighted by Gasteiger charge is 2.16. The number of aliphatic hydroxyl groups excluding tert-OH is 1. The molecule has 2 N–H and O–H groups in total. The Kier molecular flexibility index (Phi) is 6.59. The van der Waals surface area contributed by atoms with E-state index in [9.17, 15) is 18.4 Å². The minimum atomic E-state index is -1.13. The first-order valence-electron chi connectivity index (χ1n) is 7.67. The van der Waals surface area contributed by atoms with Gasteiger partial charge in [-0.05, 0) is 23.8 Å². The number of hydrogen-bond donors (Lipinski definition) is 2. The van der Waals surface area contributed by atoms with Gasteiger partial charge in [-0.1, -0.05) is 30.3 Å². The first kappa shape index (κ1) is 18.5. The standard InChI is InChI=1S/C18H18F2N2O3/c19-15-7-6-14(10-16(15)20)18(25)21-11-17(24)22(8-9-23)12-13-4-2-1-3-5-13/h1-7,10,23H,8-9,11-12H2,(H,21,25). The lowest BCUT2D eigenvalue weighted by Crippen LogP contribution is -2.41. The molecular formula is C18H18F2N2O3. The van der Waals surface area contributed by atoms with Gasteiger partial charge in [-0.3, -0.25) is 9.59 Å². The fourth-order valence-corrected chi connectivity index (χ4v) is 2.22. The second-order valence-corrected chi connectivity index (χ2v) is 5.34. The molecular weight excluding hydrogens is 330 g/mol. The van der Waals surface area contributed by atoms with E-state index in [4.69, 9.17) is 5.11 Å². The minimum Gasteiger partial charge on any atom is -0.395 e. The van der Waals surface area contributed by atoms with E-state index in [1.807, 2.05) is 30.3 Å². The van der Waals surface area contributed by atoms with Gasteiger partial charge in [0.15, 0.2) is 11.6 Å². The van der Waals surface area contributed by atoms with Crippen molar-refractivity contribution >= 4 is 11.8 Å². The summed E-state index contributed by atoms with van der Waals surface area (Å²) in [5, 5.41) is 11.5. The van der Waals surface area contributed by atoms with Crippen LogP contribution in [0.1, 0.15) is 15.9 Å². The first-order chi connectivity index (χ1) is 12.0. The third-order valence-electron chi connectivity index (χ3n) is 3.52. The zero-order valence-electron chi connectivity index (χ0n) is 13.4. The maximum Gasteiger partial charge on any atom is 0.251 e. The molecule has 0 unspecified atom stereocenters. The normalized spacial score (nSPS) is 10.4. The van der Waals surface area contributed by atoms with Crippen molar-refractivity contribution in [1.29, 1.82) is 0 Å². The highest BCUT2D eigenvalue weighted by Crippen LogP contribution is 2.09. The van der Waals surface area contributed by atoms with Crippen molar-refractivity contribution in [2.45, 2.75) is 6.54 Å². The van der Waals surface area contributed by atoms with Crippen LogP contribution in [0, 0.1) is 11.6 Å². The van der Waals surface area contributed by atoms with E-state index in [-0.39, 0.29) is 25.3 Å². The van der Waals surface area contributed by atoms with Crippen LogP contribution in [0.3, 0.4) is 0 Å². The van der Waals surface area contributed by atoms with Crippen molar-refractivity contribution in [2.24, 2.45) is 0 Å². The van der Waals surface area contributed by atoms with Crippen LogP contribution in [0.4, 0.5) is 8.78 Å². The van der Waals surface area contributed by atoms with Crippen LogP contribution >= 0.6 is 0 Å². The monoisotopic (exact) mass is 348 g/mol. The minimum absolute atomic E-state index is 0.0801. The summed E-state index contributed by atoms with van der Waals surface area (Å²) in [5.74, 6) is -3.26. The molecule has 2 aromatic rings. The van der Waals surface area contributed by atoms with E-state index in [0.717, 1.165) is 23.8 Å². The van der Waals surface area contributed by atoms with Gasteiger partial charge in [0.1, 0.15) is 0 Å². The smallest absolute Gasteiger partial charge is 0.251 e. The Morgan fingerprint density at radius 3 is 2.40 bits per heavy atom. The van der Waals surface area contributed by atoms with Crippen molar-refractivity contribution in [2.75, 3.05) is 19.7 Å². The second-order valence-electron chi connectivity index (χ2n) is 5.34. The van der Waals surface area contributed by atoms with Crippen LogP contribution in [0.15, 0.2) is 48.5 Å². The fraction of sp³-hybridized carbons (Fsp3) is 0.222. The molecule has 0 saturated carbocycles. The number of amides is 2. The van der Waals surface area contributed by atoms with Gasteiger partial charge in [-0.15, -0.1) is 0 Å². The van der Waals surface area contributed by atoms with E-state index in [1.54, 1.807) is 0 Å². The maximum atomic E-state index is 13.2. The summed E-state index contributed by atoms with van der Waals surface area (Å²) in [6.07, 6.45) is 0. The molecule has 0 radical (unpaired) electrons. The molecule has 0 saturated heterocycles. The quantitative estimate of drug-likeness (QED) is 0.800. The van der Waals surface area contributed by atoms with Gasteiger partial charge in [-0.25, -0.2) is 8.78 Å². The van der Waals surface area contributed by atoms with E-state index < -0.39 is 23.4 Å². The molecule has 25 heavy (non-hydrogen) atoms. The average Bonchev–Trinajstić information content (AvgIpc) is 2.62. The van der Waals surface area contributed by atoms with Gasteiger partial charge in [0.25, 0.3) is 5.91 Å². The molecule has 2 amide bonds. The molecule has 0 fully saturated rings. The van der Waals surface area contributed by atoms with Crippen LogP contribution < -0.4 is 5.32 Å². The van der Waals surface area contributed by atoms with Crippen LogP contribution in [0.2, 0.25) is 0 Å². The summed E-state index contributed by atoms with van der Waals surface area (Å²) in [4.78, 5) is 25.6. The summed E-state index contributed by atoms with van der Waals surface area (Å²) in [7, 11) is 0. The Labute approximate surface area is 143 Å².